The standard InChI is InChI=1S/C10H12N2O2/c1-3-7(2)12-8-4-5-9(10(13)14)11-6-8/h3-7,12H,1H2,2H3,(H,13,14). The monoisotopic (exact) mass is 192 g/mol. The molecule has 0 bridgehead atoms. The SMILES string of the molecule is C=CC(C)Nc1ccc(C(=O)O)nc1. The van der Waals surface area contributed by atoms with Crippen LogP contribution in [0, 0.1) is 0 Å². The minimum absolute atomic E-state index is 0.0433. The van der Waals surface area contributed by atoms with E-state index >= 15 is 0 Å². The largest absolute Gasteiger partial charge is 0.477 e. The fourth-order valence-corrected chi connectivity index (χ4v) is 0.928. The summed E-state index contributed by atoms with van der Waals surface area (Å²) in [7, 11) is 0. The molecule has 0 aliphatic heterocycles. The smallest absolute Gasteiger partial charge is 0.354 e. The summed E-state index contributed by atoms with van der Waals surface area (Å²) in [6.45, 7) is 5.57. The van der Waals surface area contributed by atoms with E-state index in [4.69, 9.17) is 5.11 Å². The molecule has 1 unspecified atom stereocenters. The molecule has 0 aliphatic rings. The fraction of sp³-hybridized carbons (Fsp3) is 0.200. The highest BCUT2D eigenvalue weighted by atomic mass is 16.4. The van der Waals surface area contributed by atoms with Crippen LogP contribution in [0.2, 0.25) is 0 Å². The average molecular weight is 192 g/mol. The van der Waals surface area contributed by atoms with Gasteiger partial charge in [0.05, 0.1) is 11.9 Å². The Kier molecular flexibility index (Phi) is 3.23. The highest BCUT2D eigenvalue weighted by Gasteiger charge is 2.03. The number of aromatic carboxylic acids is 1. The molecule has 74 valence electrons. The molecule has 4 nitrogen and oxygen atoms in total. The van der Waals surface area contributed by atoms with Gasteiger partial charge in [0.15, 0.2) is 0 Å². The molecule has 1 rings (SSSR count). The van der Waals surface area contributed by atoms with Gasteiger partial charge >= 0.3 is 5.97 Å². The van der Waals surface area contributed by atoms with Crippen molar-refractivity contribution < 1.29 is 9.90 Å². The minimum atomic E-state index is -1.02. The summed E-state index contributed by atoms with van der Waals surface area (Å²) in [5.74, 6) is -1.02. The van der Waals surface area contributed by atoms with Gasteiger partial charge in [0.2, 0.25) is 0 Å². The average Bonchev–Trinajstić information content (AvgIpc) is 2.18. The van der Waals surface area contributed by atoms with Crippen molar-refractivity contribution in [1.29, 1.82) is 0 Å². The normalized spacial score (nSPS) is 11.8. The molecule has 0 aliphatic carbocycles. The van der Waals surface area contributed by atoms with Crippen LogP contribution in [-0.2, 0) is 0 Å². The van der Waals surface area contributed by atoms with E-state index in [1.165, 1.54) is 12.3 Å². The third-order valence-corrected chi connectivity index (χ3v) is 1.73. The fourth-order valence-electron chi connectivity index (χ4n) is 0.928. The van der Waals surface area contributed by atoms with Crippen LogP contribution in [0.1, 0.15) is 17.4 Å². The van der Waals surface area contributed by atoms with E-state index in [2.05, 4.69) is 16.9 Å². The molecule has 1 aromatic rings. The maximum absolute atomic E-state index is 10.5. The molecule has 0 amide bonds. The molecule has 2 N–H and O–H groups in total. The summed E-state index contributed by atoms with van der Waals surface area (Å²) in [5, 5.41) is 11.7. The number of hydrogen-bond acceptors (Lipinski definition) is 3. The first-order chi connectivity index (χ1) is 6.63. The lowest BCUT2D eigenvalue weighted by Gasteiger charge is -2.09. The molecule has 0 fully saturated rings. The molecular weight excluding hydrogens is 180 g/mol. The predicted molar refractivity (Wildman–Crippen MR) is 54.5 cm³/mol. The maximum atomic E-state index is 10.5. The van der Waals surface area contributed by atoms with Crippen LogP contribution in [0.25, 0.3) is 0 Å². The van der Waals surface area contributed by atoms with Gasteiger partial charge in [0.25, 0.3) is 0 Å². The van der Waals surface area contributed by atoms with Crippen molar-refractivity contribution in [3.05, 3.63) is 36.7 Å². The van der Waals surface area contributed by atoms with Gasteiger partial charge in [-0.15, -0.1) is 6.58 Å². The Labute approximate surface area is 82.3 Å². The van der Waals surface area contributed by atoms with Crippen LogP contribution in [0.3, 0.4) is 0 Å². The van der Waals surface area contributed by atoms with Crippen LogP contribution in [-0.4, -0.2) is 22.1 Å². The van der Waals surface area contributed by atoms with Crippen molar-refractivity contribution in [2.75, 3.05) is 5.32 Å². The molecule has 0 radical (unpaired) electrons. The Morgan fingerprint density at radius 1 is 1.71 bits per heavy atom. The quantitative estimate of drug-likeness (QED) is 0.713. The van der Waals surface area contributed by atoms with Crippen molar-refractivity contribution >= 4 is 11.7 Å². The van der Waals surface area contributed by atoms with Gasteiger partial charge in [0.1, 0.15) is 5.69 Å². The molecule has 1 heterocycles. The summed E-state index contributed by atoms with van der Waals surface area (Å²) >= 11 is 0. The Balaban J connectivity index is 2.73. The molecular formula is C10H12N2O2. The second kappa shape index (κ2) is 4.41. The van der Waals surface area contributed by atoms with Crippen LogP contribution in [0.5, 0.6) is 0 Å². The van der Waals surface area contributed by atoms with Crippen LogP contribution < -0.4 is 5.32 Å². The Morgan fingerprint density at radius 3 is 2.86 bits per heavy atom. The highest BCUT2D eigenvalue weighted by Crippen LogP contribution is 2.07. The topological polar surface area (TPSA) is 62.2 Å². The number of nitrogens with one attached hydrogen (secondary N) is 1. The third kappa shape index (κ3) is 2.58. The predicted octanol–water partition coefficient (Wildman–Crippen LogP) is 1.77. The number of nitrogens with zero attached hydrogens (tertiary/aromatic N) is 1. The number of hydrogen-bond donors (Lipinski definition) is 2. The summed E-state index contributed by atoms with van der Waals surface area (Å²) in [6, 6.07) is 3.27. The van der Waals surface area contributed by atoms with E-state index in [0.29, 0.717) is 0 Å². The van der Waals surface area contributed by atoms with Crippen LogP contribution in [0.4, 0.5) is 5.69 Å². The maximum Gasteiger partial charge on any atom is 0.354 e. The molecule has 0 saturated carbocycles. The van der Waals surface area contributed by atoms with Gasteiger partial charge in [0, 0.05) is 6.04 Å². The zero-order chi connectivity index (χ0) is 10.6. The van der Waals surface area contributed by atoms with E-state index in [0.717, 1.165) is 5.69 Å². The number of aromatic nitrogens is 1. The third-order valence-electron chi connectivity index (χ3n) is 1.73. The lowest BCUT2D eigenvalue weighted by Crippen LogP contribution is -2.11. The van der Waals surface area contributed by atoms with Crippen molar-refractivity contribution in [2.45, 2.75) is 13.0 Å². The Bertz CT molecular complexity index is 332. The van der Waals surface area contributed by atoms with Crippen LogP contribution >= 0.6 is 0 Å². The molecule has 14 heavy (non-hydrogen) atoms. The molecule has 4 heteroatoms. The van der Waals surface area contributed by atoms with Crippen molar-refractivity contribution in [1.82, 2.24) is 4.98 Å². The first kappa shape index (κ1) is 10.2. The lowest BCUT2D eigenvalue weighted by molar-refractivity contribution is 0.0690. The van der Waals surface area contributed by atoms with Crippen LogP contribution in [0.15, 0.2) is 31.0 Å². The Morgan fingerprint density at radius 2 is 2.43 bits per heavy atom. The zero-order valence-electron chi connectivity index (χ0n) is 7.90. The number of pyridine rings is 1. The van der Waals surface area contributed by atoms with Gasteiger partial charge in [-0.25, -0.2) is 9.78 Å². The van der Waals surface area contributed by atoms with Crippen molar-refractivity contribution in [3.63, 3.8) is 0 Å². The second-order valence-corrected chi connectivity index (χ2v) is 2.91. The lowest BCUT2D eigenvalue weighted by atomic mass is 10.3. The summed E-state index contributed by atoms with van der Waals surface area (Å²) in [6.07, 6.45) is 3.24. The first-order valence-electron chi connectivity index (χ1n) is 4.22. The van der Waals surface area contributed by atoms with E-state index in [1.807, 2.05) is 6.92 Å². The number of carboxylic acids is 1. The van der Waals surface area contributed by atoms with Crippen molar-refractivity contribution in [2.24, 2.45) is 0 Å². The number of carbonyl (C=O) groups is 1. The second-order valence-electron chi connectivity index (χ2n) is 2.91. The first-order valence-corrected chi connectivity index (χ1v) is 4.22. The minimum Gasteiger partial charge on any atom is -0.477 e. The summed E-state index contributed by atoms with van der Waals surface area (Å²) in [4.78, 5) is 14.3. The highest BCUT2D eigenvalue weighted by molar-refractivity contribution is 5.85. The van der Waals surface area contributed by atoms with Gasteiger partial charge in [-0.05, 0) is 19.1 Å². The number of rotatable bonds is 4. The van der Waals surface area contributed by atoms with Gasteiger partial charge in [-0.2, -0.15) is 0 Å². The van der Waals surface area contributed by atoms with E-state index in [9.17, 15) is 4.79 Å². The number of carboxylic acid groups (broad SMARTS) is 1. The summed E-state index contributed by atoms with van der Waals surface area (Å²) in [5.41, 5.74) is 0.823. The number of anilines is 1. The molecule has 1 atom stereocenters. The summed E-state index contributed by atoms with van der Waals surface area (Å²) < 4.78 is 0. The molecule has 0 saturated heterocycles. The molecule has 1 aromatic heterocycles. The van der Waals surface area contributed by atoms with Gasteiger partial charge in [-0.3, -0.25) is 0 Å². The van der Waals surface area contributed by atoms with E-state index in [1.54, 1.807) is 12.1 Å². The molecule has 0 spiro atoms. The molecule has 0 aromatic carbocycles. The van der Waals surface area contributed by atoms with Gasteiger partial charge in [-0.1, -0.05) is 6.08 Å². The van der Waals surface area contributed by atoms with Crippen molar-refractivity contribution in [3.8, 4) is 0 Å². The zero-order valence-corrected chi connectivity index (χ0v) is 7.90. The van der Waals surface area contributed by atoms with Gasteiger partial charge < -0.3 is 10.4 Å². The Hall–Kier alpha value is -1.84. The van der Waals surface area contributed by atoms with E-state index in [-0.39, 0.29) is 11.7 Å². The van der Waals surface area contributed by atoms with E-state index < -0.39 is 5.97 Å².